The van der Waals surface area contributed by atoms with Gasteiger partial charge in [-0.3, -0.25) is 0 Å². The summed E-state index contributed by atoms with van der Waals surface area (Å²) in [5.41, 5.74) is 12.5. The number of aryl methyl sites for hydroxylation is 3. The number of nitrogens with two attached hydrogens (primary N) is 1. The summed E-state index contributed by atoms with van der Waals surface area (Å²) in [5, 5.41) is 0. The van der Waals surface area contributed by atoms with Gasteiger partial charge in [-0.05, 0) is 55.2 Å². The highest BCUT2D eigenvalue weighted by molar-refractivity contribution is 5.77. The largest absolute Gasteiger partial charge is 0.496 e. The van der Waals surface area contributed by atoms with Crippen molar-refractivity contribution in [3.63, 3.8) is 0 Å². The third-order valence-corrected chi connectivity index (χ3v) is 3.23. The molecule has 0 aliphatic heterocycles. The average Bonchev–Trinajstić information content (AvgIpc) is 2.32. The molecule has 0 spiro atoms. The summed E-state index contributed by atoms with van der Waals surface area (Å²) in [6.07, 6.45) is 0. The maximum Gasteiger partial charge on any atom is 0.127 e. The fourth-order valence-electron chi connectivity index (χ4n) is 2.26. The van der Waals surface area contributed by atoms with Crippen molar-refractivity contribution >= 4 is 5.69 Å². The Balaban J connectivity index is 2.66. The number of ether oxygens (including phenoxy) is 1. The summed E-state index contributed by atoms with van der Waals surface area (Å²) >= 11 is 0. The molecule has 0 radical (unpaired) electrons. The first kappa shape index (κ1) is 12.5. The van der Waals surface area contributed by atoms with Crippen LogP contribution in [0.4, 0.5) is 5.69 Å². The molecule has 0 aromatic heterocycles. The minimum absolute atomic E-state index is 0.814. The Hall–Kier alpha value is -1.96. The van der Waals surface area contributed by atoms with Gasteiger partial charge in [-0.15, -0.1) is 0 Å². The van der Waals surface area contributed by atoms with Crippen LogP contribution >= 0.6 is 0 Å². The Morgan fingerprint density at radius 2 is 1.67 bits per heavy atom. The van der Waals surface area contributed by atoms with Crippen molar-refractivity contribution in [3.8, 4) is 16.9 Å². The van der Waals surface area contributed by atoms with E-state index in [0.29, 0.717) is 0 Å². The van der Waals surface area contributed by atoms with Gasteiger partial charge < -0.3 is 10.5 Å². The van der Waals surface area contributed by atoms with Crippen molar-refractivity contribution in [2.75, 3.05) is 12.8 Å². The molecular formula is C16H19NO. The third-order valence-electron chi connectivity index (χ3n) is 3.23. The van der Waals surface area contributed by atoms with E-state index in [4.69, 9.17) is 10.5 Å². The maximum atomic E-state index is 5.99. The monoisotopic (exact) mass is 241 g/mol. The lowest BCUT2D eigenvalue weighted by atomic mass is 9.96. The van der Waals surface area contributed by atoms with Crippen LogP contribution in [0, 0.1) is 20.8 Å². The van der Waals surface area contributed by atoms with E-state index >= 15 is 0 Å². The quantitative estimate of drug-likeness (QED) is 0.810. The average molecular weight is 241 g/mol. The second-order valence-corrected chi connectivity index (χ2v) is 4.73. The van der Waals surface area contributed by atoms with Gasteiger partial charge >= 0.3 is 0 Å². The van der Waals surface area contributed by atoms with E-state index in [0.717, 1.165) is 28.1 Å². The van der Waals surface area contributed by atoms with Crippen molar-refractivity contribution in [1.29, 1.82) is 0 Å². The fraction of sp³-hybridized carbons (Fsp3) is 0.250. The van der Waals surface area contributed by atoms with Crippen LogP contribution in [0.2, 0.25) is 0 Å². The number of hydrogen-bond acceptors (Lipinski definition) is 2. The zero-order valence-electron chi connectivity index (χ0n) is 11.4. The second-order valence-electron chi connectivity index (χ2n) is 4.73. The summed E-state index contributed by atoms with van der Waals surface area (Å²) in [5.74, 6) is 0.899. The lowest BCUT2D eigenvalue weighted by molar-refractivity contribution is 0.416. The van der Waals surface area contributed by atoms with Crippen molar-refractivity contribution in [1.82, 2.24) is 0 Å². The van der Waals surface area contributed by atoms with Gasteiger partial charge in [0.2, 0.25) is 0 Å². The van der Waals surface area contributed by atoms with E-state index < -0.39 is 0 Å². The van der Waals surface area contributed by atoms with Crippen LogP contribution < -0.4 is 10.5 Å². The molecule has 0 atom stereocenters. The first-order valence-corrected chi connectivity index (χ1v) is 6.04. The summed E-state index contributed by atoms with van der Waals surface area (Å²) in [7, 11) is 1.70. The molecule has 2 nitrogen and oxygen atoms in total. The van der Waals surface area contributed by atoms with Gasteiger partial charge in [0.15, 0.2) is 0 Å². The second kappa shape index (κ2) is 4.73. The van der Waals surface area contributed by atoms with Gasteiger partial charge in [0.1, 0.15) is 5.75 Å². The maximum absolute atomic E-state index is 5.99. The number of nitrogen functional groups attached to an aromatic ring is 1. The Morgan fingerprint density at radius 1 is 0.944 bits per heavy atom. The Bertz CT molecular complexity index is 588. The van der Waals surface area contributed by atoms with Crippen LogP contribution in [0.1, 0.15) is 16.7 Å². The van der Waals surface area contributed by atoms with Gasteiger partial charge in [-0.25, -0.2) is 0 Å². The molecule has 2 aromatic carbocycles. The molecule has 0 heterocycles. The van der Waals surface area contributed by atoms with E-state index in [1.807, 2.05) is 19.1 Å². The number of anilines is 1. The lowest BCUT2D eigenvalue weighted by Gasteiger charge is -2.14. The molecule has 18 heavy (non-hydrogen) atoms. The van der Waals surface area contributed by atoms with Crippen LogP contribution in [0.25, 0.3) is 11.1 Å². The zero-order valence-corrected chi connectivity index (χ0v) is 11.4. The predicted molar refractivity (Wildman–Crippen MR) is 77.1 cm³/mol. The van der Waals surface area contributed by atoms with E-state index in [9.17, 15) is 0 Å². The third kappa shape index (κ3) is 2.19. The molecule has 0 aliphatic rings. The van der Waals surface area contributed by atoms with Crippen molar-refractivity contribution < 1.29 is 4.74 Å². The SMILES string of the molecule is COc1cc(C)cc(C)c1-c1ccc(C)c(N)c1. The standard InChI is InChI=1S/C16H19NO/c1-10-7-12(3)16(15(8-10)18-4)13-6-5-11(2)14(17)9-13/h5-9H,17H2,1-4H3. The summed E-state index contributed by atoms with van der Waals surface area (Å²) in [4.78, 5) is 0. The molecule has 94 valence electrons. The molecule has 2 aromatic rings. The Kier molecular flexibility index (Phi) is 3.28. The fourth-order valence-corrected chi connectivity index (χ4v) is 2.26. The smallest absolute Gasteiger partial charge is 0.127 e. The minimum atomic E-state index is 0.814. The molecule has 0 aliphatic carbocycles. The number of methoxy groups -OCH3 is 1. The van der Waals surface area contributed by atoms with Crippen LogP contribution in [0.15, 0.2) is 30.3 Å². The highest BCUT2D eigenvalue weighted by Crippen LogP contribution is 2.35. The molecule has 0 fully saturated rings. The highest BCUT2D eigenvalue weighted by Gasteiger charge is 2.10. The molecule has 2 rings (SSSR count). The zero-order chi connectivity index (χ0) is 13.3. The molecule has 2 N–H and O–H groups in total. The molecule has 0 unspecified atom stereocenters. The molecule has 2 heteroatoms. The van der Waals surface area contributed by atoms with Gasteiger partial charge in [-0.2, -0.15) is 0 Å². The van der Waals surface area contributed by atoms with Crippen LogP contribution in [0.5, 0.6) is 5.75 Å². The molecular weight excluding hydrogens is 222 g/mol. The first-order chi connectivity index (χ1) is 8.52. The lowest BCUT2D eigenvalue weighted by Crippen LogP contribution is -1.95. The Morgan fingerprint density at radius 3 is 2.28 bits per heavy atom. The predicted octanol–water partition coefficient (Wildman–Crippen LogP) is 3.87. The van der Waals surface area contributed by atoms with E-state index in [2.05, 4.69) is 32.0 Å². The first-order valence-electron chi connectivity index (χ1n) is 6.04. The summed E-state index contributed by atoms with van der Waals surface area (Å²) in [6.45, 7) is 6.18. The summed E-state index contributed by atoms with van der Waals surface area (Å²) < 4.78 is 5.49. The van der Waals surface area contributed by atoms with E-state index in [-0.39, 0.29) is 0 Å². The van der Waals surface area contributed by atoms with Gasteiger partial charge in [0.25, 0.3) is 0 Å². The Labute approximate surface area is 108 Å². The number of rotatable bonds is 2. The molecule has 0 saturated carbocycles. The van der Waals surface area contributed by atoms with Crippen LogP contribution in [0.3, 0.4) is 0 Å². The van der Waals surface area contributed by atoms with Gasteiger partial charge in [0.05, 0.1) is 7.11 Å². The van der Waals surface area contributed by atoms with E-state index in [1.54, 1.807) is 7.11 Å². The number of benzene rings is 2. The molecule has 0 amide bonds. The summed E-state index contributed by atoms with van der Waals surface area (Å²) in [6, 6.07) is 10.4. The minimum Gasteiger partial charge on any atom is -0.496 e. The van der Waals surface area contributed by atoms with Gasteiger partial charge in [0, 0.05) is 11.3 Å². The molecule has 0 saturated heterocycles. The molecule has 0 bridgehead atoms. The normalized spacial score (nSPS) is 10.4. The van der Waals surface area contributed by atoms with Crippen molar-refractivity contribution in [3.05, 3.63) is 47.0 Å². The van der Waals surface area contributed by atoms with Crippen LogP contribution in [-0.4, -0.2) is 7.11 Å². The van der Waals surface area contributed by atoms with Crippen molar-refractivity contribution in [2.45, 2.75) is 20.8 Å². The van der Waals surface area contributed by atoms with Crippen LogP contribution in [-0.2, 0) is 0 Å². The topological polar surface area (TPSA) is 35.2 Å². The van der Waals surface area contributed by atoms with Crippen molar-refractivity contribution in [2.24, 2.45) is 0 Å². The number of hydrogen-bond donors (Lipinski definition) is 1. The van der Waals surface area contributed by atoms with E-state index in [1.165, 1.54) is 11.1 Å². The highest BCUT2D eigenvalue weighted by atomic mass is 16.5. The van der Waals surface area contributed by atoms with Gasteiger partial charge in [-0.1, -0.05) is 18.2 Å².